The number of aliphatic hydroxyl groups excluding tert-OH is 1. The van der Waals surface area contributed by atoms with E-state index in [4.69, 9.17) is 5.11 Å². The molecule has 2 rings (SSSR count). The summed E-state index contributed by atoms with van der Waals surface area (Å²) in [5.74, 6) is 6.70. The third-order valence-electron chi connectivity index (χ3n) is 2.54. The van der Waals surface area contributed by atoms with Crippen LogP contribution in [0.4, 0.5) is 5.82 Å². The third kappa shape index (κ3) is 3.16. The second-order valence-corrected chi connectivity index (χ2v) is 3.74. The predicted octanol–water partition coefficient (Wildman–Crippen LogP) is -0.380. The minimum absolute atomic E-state index is 0.0796. The molecule has 0 amide bonds. The molecule has 5 heteroatoms. The Kier molecular flexibility index (Phi) is 4.30. The van der Waals surface area contributed by atoms with E-state index in [1.165, 1.54) is 0 Å². The topological polar surface area (TPSA) is 61.3 Å². The molecule has 0 radical (unpaired) electrons. The van der Waals surface area contributed by atoms with Crippen molar-refractivity contribution in [2.75, 3.05) is 37.7 Å². The van der Waals surface area contributed by atoms with Gasteiger partial charge in [-0.05, 0) is 5.92 Å². The van der Waals surface area contributed by atoms with Gasteiger partial charge in [0, 0.05) is 45.0 Å². The molecular formula is C12H16N4O. The lowest BCUT2D eigenvalue weighted by Gasteiger charge is -2.28. The van der Waals surface area contributed by atoms with Crippen LogP contribution in [0.25, 0.3) is 0 Å². The summed E-state index contributed by atoms with van der Waals surface area (Å²) in [4.78, 5) is 10.8. The van der Waals surface area contributed by atoms with Gasteiger partial charge >= 0.3 is 0 Å². The van der Waals surface area contributed by atoms with Crippen LogP contribution in [-0.2, 0) is 0 Å². The second-order valence-electron chi connectivity index (χ2n) is 3.74. The van der Waals surface area contributed by atoms with E-state index in [-0.39, 0.29) is 6.61 Å². The summed E-state index contributed by atoms with van der Waals surface area (Å²) in [6.45, 7) is 3.84. The minimum atomic E-state index is 0.0796. The van der Waals surface area contributed by atoms with Gasteiger partial charge in [0.2, 0.25) is 0 Å². The van der Waals surface area contributed by atoms with Crippen LogP contribution < -0.4 is 10.2 Å². The van der Waals surface area contributed by atoms with Gasteiger partial charge in [-0.25, -0.2) is 9.97 Å². The van der Waals surface area contributed by atoms with E-state index in [0.29, 0.717) is 12.1 Å². The average Bonchev–Trinajstić information content (AvgIpc) is 2.41. The van der Waals surface area contributed by atoms with Gasteiger partial charge in [0.05, 0.1) is 6.61 Å². The molecule has 2 heterocycles. The third-order valence-corrected chi connectivity index (χ3v) is 2.54. The Bertz CT molecular complexity index is 418. The van der Waals surface area contributed by atoms with Crippen molar-refractivity contribution in [3.05, 3.63) is 18.1 Å². The average molecular weight is 232 g/mol. The van der Waals surface area contributed by atoms with Crippen molar-refractivity contribution < 1.29 is 5.11 Å². The Morgan fingerprint density at radius 1 is 1.29 bits per heavy atom. The Labute approximate surface area is 101 Å². The van der Waals surface area contributed by atoms with Gasteiger partial charge < -0.3 is 15.3 Å². The Balaban J connectivity index is 2.18. The SMILES string of the molecule is OCCC#Cc1nccnc1N1CCNCC1. The maximum absolute atomic E-state index is 8.71. The summed E-state index contributed by atoms with van der Waals surface area (Å²) in [5.41, 5.74) is 0.697. The maximum Gasteiger partial charge on any atom is 0.163 e. The monoisotopic (exact) mass is 232 g/mol. The van der Waals surface area contributed by atoms with Crippen LogP contribution >= 0.6 is 0 Å². The van der Waals surface area contributed by atoms with Crippen LogP contribution in [0.2, 0.25) is 0 Å². The van der Waals surface area contributed by atoms with Crippen molar-refractivity contribution >= 4 is 5.82 Å². The molecule has 1 aromatic heterocycles. The summed E-state index contributed by atoms with van der Waals surface area (Å²) < 4.78 is 0. The molecule has 0 aromatic carbocycles. The number of hydrogen-bond donors (Lipinski definition) is 2. The fourth-order valence-electron chi connectivity index (χ4n) is 1.73. The summed E-state index contributed by atoms with van der Waals surface area (Å²) in [6.07, 6.45) is 3.81. The van der Waals surface area contributed by atoms with Gasteiger partial charge in [-0.3, -0.25) is 0 Å². The number of anilines is 1. The molecule has 90 valence electrons. The molecule has 1 aliphatic rings. The lowest BCUT2D eigenvalue weighted by Crippen LogP contribution is -2.44. The molecule has 5 nitrogen and oxygen atoms in total. The van der Waals surface area contributed by atoms with Crippen LogP contribution in [0.3, 0.4) is 0 Å². The molecule has 0 spiro atoms. The van der Waals surface area contributed by atoms with E-state index in [0.717, 1.165) is 32.0 Å². The summed E-state index contributed by atoms with van der Waals surface area (Å²) in [7, 11) is 0. The molecule has 0 unspecified atom stereocenters. The van der Waals surface area contributed by atoms with Crippen LogP contribution in [-0.4, -0.2) is 47.9 Å². The Morgan fingerprint density at radius 2 is 2.06 bits per heavy atom. The van der Waals surface area contributed by atoms with Crippen molar-refractivity contribution in [1.29, 1.82) is 0 Å². The van der Waals surface area contributed by atoms with Crippen LogP contribution in [0.15, 0.2) is 12.4 Å². The first-order valence-corrected chi connectivity index (χ1v) is 5.78. The number of nitrogens with zero attached hydrogens (tertiary/aromatic N) is 3. The number of rotatable bonds is 2. The number of nitrogens with one attached hydrogen (secondary N) is 1. The van der Waals surface area contributed by atoms with E-state index in [1.54, 1.807) is 12.4 Å². The quantitative estimate of drug-likeness (QED) is 0.681. The highest BCUT2D eigenvalue weighted by Crippen LogP contribution is 2.14. The number of hydrogen-bond acceptors (Lipinski definition) is 5. The number of piperazine rings is 1. The molecule has 1 aromatic rings. The van der Waals surface area contributed by atoms with Crippen LogP contribution in [0.1, 0.15) is 12.1 Å². The first kappa shape index (κ1) is 11.8. The van der Waals surface area contributed by atoms with Crippen molar-refractivity contribution in [2.45, 2.75) is 6.42 Å². The zero-order valence-electron chi connectivity index (χ0n) is 9.69. The first-order valence-electron chi connectivity index (χ1n) is 5.78. The molecule has 17 heavy (non-hydrogen) atoms. The van der Waals surface area contributed by atoms with E-state index in [9.17, 15) is 0 Å². The van der Waals surface area contributed by atoms with E-state index >= 15 is 0 Å². The summed E-state index contributed by atoms with van der Waals surface area (Å²) >= 11 is 0. The van der Waals surface area contributed by atoms with E-state index in [1.807, 2.05) is 0 Å². The molecule has 2 N–H and O–H groups in total. The zero-order valence-corrected chi connectivity index (χ0v) is 9.69. The Hall–Kier alpha value is -1.64. The van der Waals surface area contributed by atoms with E-state index < -0.39 is 0 Å². The van der Waals surface area contributed by atoms with Gasteiger partial charge in [-0.15, -0.1) is 0 Å². The maximum atomic E-state index is 8.71. The molecule has 1 aliphatic heterocycles. The van der Waals surface area contributed by atoms with Gasteiger partial charge in [0.15, 0.2) is 11.5 Å². The largest absolute Gasteiger partial charge is 0.395 e. The highest BCUT2D eigenvalue weighted by Gasteiger charge is 2.14. The van der Waals surface area contributed by atoms with Crippen LogP contribution in [0, 0.1) is 11.8 Å². The molecule has 0 saturated carbocycles. The van der Waals surface area contributed by atoms with Crippen LogP contribution in [0.5, 0.6) is 0 Å². The molecule has 0 atom stereocenters. The van der Waals surface area contributed by atoms with Gasteiger partial charge in [-0.2, -0.15) is 0 Å². The second kappa shape index (κ2) is 6.18. The fourth-order valence-corrected chi connectivity index (χ4v) is 1.73. The number of aliphatic hydroxyl groups is 1. The molecule has 1 saturated heterocycles. The first-order chi connectivity index (χ1) is 8.42. The highest BCUT2D eigenvalue weighted by molar-refractivity contribution is 5.51. The van der Waals surface area contributed by atoms with Gasteiger partial charge in [0.1, 0.15) is 0 Å². The van der Waals surface area contributed by atoms with Crippen molar-refractivity contribution in [3.8, 4) is 11.8 Å². The summed E-state index contributed by atoms with van der Waals surface area (Å²) in [6, 6.07) is 0. The standard InChI is InChI=1S/C12H16N4O/c17-10-2-1-3-11-12(15-5-4-14-11)16-8-6-13-7-9-16/h4-5,13,17H,2,6-10H2. The van der Waals surface area contributed by atoms with Crippen molar-refractivity contribution in [2.24, 2.45) is 0 Å². The minimum Gasteiger partial charge on any atom is -0.395 e. The molecular weight excluding hydrogens is 216 g/mol. The molecule has 0 aliphatic carbocycles. The summed E-state index contributed by atoms with van der Waals surface area (Å²) in [5, 5.41) is 12.0. The lowest BCUT2D eigenvalue weighted by atomic mass is 10.3. The number of aromatic nitrogens is 2. The van der Waals surface area contributed by atoms with Crippen molar-refractivity contribution in [1.82, 2.24) is 15.3 Å². The smallest absolute Gasteiger partial charge is 0.163 e. The van der Waals surface area contributed by atoms with E-state index in [2.05, 4.69) is 32.0 Å². The molecule has 0 bridgehead atoms. The molecule has 1 fully saturated rings. The Morgan fingerprint density at radius 3 is 2.82 bits per heavy atom. The fraction of sp³-hybridized carbons (Fsp3) is 0.500. The normalized spacial score (nSPS) is 15.2. The lowest BCUT2D eigenvalue weighted by molar-refractivity contribution is 0.305. The predicted molar refractivity (Wildman–Crippen MR) is 65.7 cm³/mol. The van der Waals surface area contributed by atoms with Crippen molar-refractivity contribution in [3.63, 3.8) is 0 Å². The van der Waals surface area contributed by atoms with Gasteiger partial charge in [-0.1, -0.05) is 5.92 Å². The highest BCUT2D eigenvalue weighted by atomic mass is 16.2. The zero-order chi connectivity index (χ0) is 11.9. The van der Waals surface area contributed by atoms with Gasteiger partial charge in [0.25, 0.3) is 0 Å².